The van der Waals surface area contributed by atoms with Gasteiger partial charge in [0, 0.05) is 29.1 Å². The number of benzene rings is 1. The SMILES string of the molecule is Cc1c(-c2ccc(N)c(F)c2)n[nH]c1-c1ccncc1. The van der Waals surface area contributed by atoms with Crippen LogP contribution in [0.25, 0.3) is 22.5 Å². The Morgan fingerprint density at radius 3 is 2.55 bits per heavy atom. The Bertz CT molecular complexity index is 750. The first-order valence-electron chi connectivity index (χ1n) is 6.17. The van der Waals surface area contributed by atoms with Crippen LogP contribution in [0.15, 0.2) is 42.7 Å². The van der Waals surface area contributed by atoms with Gasteiger partial charge < -0.3 is 5.73 Å². The maximum absolute atomic E-state index is 13.6. The summed E-state index contributed by atoms with van der Waals surface area (Å²) in [5, 5.41) is 7.27. The Morgan fingerprint density at radius 2 is 1.85 bits per heavy atom. The Kier molecular flexibility index (Phi) is 2.95. The molecule has 0 aliphatic heterocycles. The van der Waals surface area contributed by atoms with Gasteiger partial charge in [-0.15, -0.1) is 0 Å². The number of nitrogens with zero attached hydrogens (tertiary/aromatic N) is 2. The highest BCUT2D eigenvalue weighted by Crippen LogP contribution is 2.30. The van der Waals surface area contributed by atoms with Crippen LogP contribution in [0.5, 0.6) is 0 Å². The molecule has 0 saturated heterocycles. The second-order valence-corrected chi connectivity index (χ2v) is 4.54. The molecule has 0 fully saturated rings. The van der Waals surface area contributed by atoms with Crippen LogP contribution in [0.3, 0.4) is 0 Å². The van der Waals surface area contributed by atoms with E-state index in [1.165, 1.54) is 6.07 Å². The highest BCUT2D eigenvalue weighted by Gasteiger charge is 2.13. The number of rotatable bonds is 2. The van der Waals surface area contributed by atoms with Crippen LogP contribution in [0.4, 0.5) is 10.1 Å². The van der Waals surface area contributed by atoms with Crippen LogP contribution in [-0.2, 0) is 0 Å². The van der Waals surface area contributed by atoms with Gasteiger partial charge in [0.15, 0.2) is 0 Å². The van der Waals surface area contributed by atoms with Crippen molar-refractivity contribution < 1.29 is 4.39 Å². The fourth-order valence-corrected chi connectivity index (χ4v) is 2.15. The van der Waals surface area contributed by atoms with E-state index in [0.29, 0.717) is 5.56 Å². The van der Waals surface area contributed by atoms with Gasteiger partial charge in [-0.3, -0.25) is 10.1 Å². The van der Waals surface area contributed by atoms with E-state index in [1.54, 1.807) is 24.5 Å². The molecule has 100 valence electrons. The number of hydrogen-bond acceptors (Lipinski definition) is 3. The molecular weight excluding hydrogens is 255 g/mol. The average molecular weight is 268 g/mol. The molecule has 0 saturated carbocycles. The number of nitrogens with two attached hydrogens (primary N) is 1. The molecule has 2 heterocycles. The van der Waals surface area contributed by atoms with E-state index >= 15 is 0 Å². The van der Waals surface area contributed by atoms with Crippen molar-refractivity contribution in [2.75, 3.05) is 5.73 Å². The normalized spacial score (nSPS) is 10.7. The Labute approximate surface area is 115 Å². The van der Waals surface area contributed by atoms with Crippen molar-refractivity contribution in [2.45, 2.75) is 6.92 Å². The predicted molar refractivity (Wildman–Crippen MR) is 76.4 cm³/mol. The summed E-state index contributed by atoms with van der Waals surface area (Å²) in [6, 6.07) is 8.50. The van der Waals surface area contributed by atoms with Gasteiger partial charge >= 0.3 is 0 Å². The standard InChI is InChI=1S/C15H13FN4/c1-9-14(10-4-6-18-7-5-10)19-20-15(9)11-2-3-13(17)12(16)8-11/h2-8H,17H2,1H3,(H,19,20). The van der Waals surface area contributed by atoms with E-state index in [0.717, 1.165) is 22.5 Å². The van der Waals surface area contributed by atoms with Gasteiger partial charge in [0.2, 0.25) is 0 Å². The van der Waals surface area contributed by atoms with Gasteiger partial charge in [-0.25, -0.2) is 4.39 Å². The summed E-state index contributed by atoms with van der Waals surface area (Å²) in [6.07, 6.45) is 3.44. The van der Waals surface area contributed by atoms with Crippen LogP contribution in [0.1, 0.15) is 5.56 Å². The number of hydrogen-bond donors (Lipinski definition) is 2. The smallest absolute Gasteiger partial charge is 0.146 e. The molecule has 3 aromatic rings. The van der Waals surface area contributed by atoms with Crippen LogP contribution >= 0.6 is 0 Å². The molecule has 0 unspecified atom stereocenters. The minimum absolute atomic E-state index is 0.135. The van der Waals surface area contributed by atoms with Crippen molar-refractivity contribution in [3.63, 3.8) is 0 Å². The molecule has 0 spiro atoms. The van der Waals surface area contributed by atoms with E-state index in [-0.39, 0.29) is 5.69 Å². The number of anilines is 1. The topological polar surface area (TPSA) is 67.6 Å². The zero-order chi connectivity index (χ0) is 14.1. The summed E-state index contributed by atoms with van der Waals surface area (Å²) in [5.41, 5.74) is 9.90. The minimum atomic E-state index is -0.435. The van der Waals surface area contributed by atoms with Gasteiger partial charge in [0.25, 0.3) is 0 Å². The lowest BCUT2D eigenvalue weighted by Gasteiger charge is -2.02. The predicted octanol–water partition coefficient (Wildman–Crippen LogP) is 3.17. The molecular formula is C15H13FN4. The molecule has 0 aliphatic carbocycles. The summed E-state index contributed by atoms with van der Waals surface area (Å²) in [4.78, 5) is 3.99. The molecule has 3 N–H and O–H groups in total. The lowest BCUT2D eigenvalue weighted by Crippen LogP contribution is -1.91. The number of pyridine rings is 1. The van der Waals surface area contributed by atoms with Crippen LogP contribution in [0, 0.1) is 12.7 Å². The third-order valence-corrected chi connectivity index (χ3v) is 3.25. The zero-order valence-corrected chi connectivity index (χ0v) is 10.9. The third-order valence-electron chi connectivity index (χ3n) is 3.25. The Balaban J connectivity index is 2.08. The molecule has 0 bridgehead atoms. The summed E-state index contributed by atoms with van der Waals surface area (Å²) in [7, 11) is 0. The van der Waals surface area contributed by atoms with E-state index < -0.39 is 5.82 Å². The first kappa shape index (κ1) is 12.3. The van der Waals surface area contributed by atoms with Crippen LogP contribution < -0.4 is 5.73 Å². The van der Waals surface area contributed by atoms with Crippen molar-refractivity contribution in [1.29, 1.82) is 0 Å². The quantitative estimate of drug-likeness (QED) is 0.701. The van der Waals surface area contributed by atoms with E-state index in [1.807, 2.05) is 19.1 Å². The highest BCUT2D eigenvalue weighted by atomic mass is 19.1. The van der Waals surface area contributed by atoms with E-state index in [4.69, 9.17) is 5.73 Å². The molecule has 4 nitrogen and oxygen atoms in total. The van der Waals surface area contributed by atoms with E-state index in [2.05, 4.69) is 15.2 Å². The van der Waals surface area contributed by atoms with E-state index in [9.17, 15) is 4.39 Å². The summed E-state index contributed by atoms with van der Waals surface area (Å²) < 4.78 is 13.6. The van der Waals surface area contributed by atoms with Crippen molar-refractivity contribution in [1.82, 2.24) is 15.2 Å². The van der Waals surface area contributed by atoms with Crippen molar-refractivity contribution in [2.24, 2.45) is 0 Å². The number of nitrogens with one attached hydrogen (secondary N) is 1. The second-order valence-electron chi connectivity index (χ2n) is 4.54. The molecule has 0 aliphatic rings. The fourth-order valence-electron chi connectivity index (χ4n) is 2.15. The lowest BCUT2D eigenvalue weighted by molar-refractivity contribution is 0.633. The summed E-state index contributed by atoms with van der Waals surface area (Å²) in [5.74, 6) is -0.435. The molecule has 3 rings (SSSR count). The largest absolute Gasteiger partial charge is 0.396 e. The first-order chi connectivity index (χ1) is 9.66. The molecule has 5 heteroatoms. The number of aromatic nitrogens is 3. The third kappa shape index (κ3) is 2.03. The molecule has 2 aromatic heterocycles. The monoisotopic (exact) mass is 268 g/mol. The fraction of sp³-hybridized carbons (Fsp3) is 0.0667. The maximum Gasteiger partial charge on any atom is 0.146 e. The number of halogens is 1. The van der Waals surface area contributed by atoms with Crippen molar-refractivity contribution in [3.05, 3.63) is 54.1 Å². The van der Waals surface area contributed by atoms with Gasteiger partial charge in [-0.05, 0) is 31.2 Å². The first-order valence-corrected chi connectivity index (χ1v) is 6.17. The number of aromatic amines is 1. The number of H-pyrrole nitrogens is 1. The van der Waals surface area contributed by atoms with Gasteiger partial charge in [-0.1, -0.05) is 6.07 Å². The second kappa shape index (κ2) is 4.77. The molecule has 0 amide bonds. The summed E-state index contributed by atoms with van der Waals surface area (Å²) >= 11 is 0. The van der Waals surface area contributed by atoms with Gasteiger partial charge in [0.1, 0.15) is 5.82 Å². The van der Waals surface area contributed by atoms with Gasteiger partial charge in [0.05, 0.1) is 17.1 Å². The zero-order valence-electron chi connectivity index (χ0n) is 10.9. The minimum Gasteiger partial charge on any atom is -0.396 e. The molecule has 1 aromatic carbocycles. The molecule has 20 heavy (non-hydrogen) atoms. The van der Waals surface area contributed by atoms with Crippen LogP contribution in [0.2, 0.25) is 0 Å². The van der Waals surface area contributed by atoms with Gasteiger partial charge in [-0.2, -0.15) is 5.10 Å². The Hall–Kier alpha value is -2.69. The number of nitrogen functional groups attached to an aromatic ring is 1. The average Bonchev–Trinajstić information content (AvgIpc) is 2.85. The highest BCUT2D eigenvalue weighted by molar-refractivity contribution is 5.74. The van der Waals surface area contributed by atoms with Crippen molar-refractivity contribution >= 4 is 5.69 Å². The summed E-state index contributed by atoms with van der Waals surface area (Å²) in [6.45, 7) is 1.95. The maximum atomic E-state index is 13.6. The lowest BCUT2D eigenvalue weighted by atomic mass is 10.0. The molecule has 0 radical (unpaired) electrons. The van der Waals surface area contributed by atoms with Crippen molar-refractivity contribution in [3.8, 4) is 22.5 Å². The van der Waals surface area contributed by atoms with Crippen LogP contribution in [-0.4, -0.2) is 15.2 Å². The molecule has 0 atom stereocenters. The Morgan fingerprint density at radius 1 is 1.10 bits per heavy atom.